The molecule has 1 N–H and O–H groups in total. The molecule has 0 amide bonds. The van der Waals surface area contributed by atoms with Crippen molar-refractivity contribution >= 4 is 10.8 Å². The minimum atomic E-state index is 0.396. The lowest BCUT2D eigenvalue weighted by Crippen LogP contribution is -1.77. The molecule has 0 saturated carbocycles. The van der Waals surface area contributed by atoms with E-state index >= 15 is 0 Å². The lowest BCUT2D eigenvalue weighted by Gasteiger charge is -2.02. The predicted octanol–water partition coefficient (Wildman–Crippen LogP) is 4.91. The normalized spacial score (nSPS) is 8.56. The van der Waals surface area contributed by atoms with E-state index in [-0.39, 0.29) is 0 Å². The van der Waals surface area contributed by atoms with Gasteiger partial charge in [0.05, 0.1) is 0 Å². The van der Waals surface area contributed by atoms with E-state index in [9.17, 15) is 5.11 Å². The number of aromatic hydroxyl groups is 1. The van der Waals surface area contributed by atoms with E-state index in [0.717, 1.165) is 16.3 Å². The Morgan fingerprint density at radius 3 is 2.00 bits per heavy atom. The van der Waals surface area contributed by atoms with E-state index in [4.69, 9.17) is 0 Å². The second-order valence-corrected chi connectivity index (χ2v) is 2.95. The summed E-state index contributed by atoms with van der Waals surface area (Å²) in [6.45, 7) is 9.90. The van der Waals surface area contributed by atoms with Crippen molar-refractivity contribution in [2.24, 2.45) is 0 Å². The largest absolute Gasteiger partial charge is 0.507 e. The first kappa shape index (κ1) is 14.5. The number of phenols is 1. The fourth-order valence-electron chi connectivity index (χ4n) is 1.36. The molecule has 0 aliphatic carbocycles. The van der Waals surface area contributed by atoms with Gasteiger partial charge in [0.1, 0.15) is 5.75 Å². The molecule has 88 valence electrons. The summed E-state index contributed by atoms with van der Waals surface area (Å²) >= 11 is 0. The van der Waals surface area contributed by atoms with E-state index in [1.807, 2.05) is 71.0 Å². The smallest absolute Gasteiger partial charge is 0.126 e. The standard InChI is InChI=1S/C11H10O.2C2H6/c1-8-6-7-9-4-2-3-5-10(9)11(8)12;2*1-2/h2-7,12H,1H3;2*1-2H3. The summed E-state index contributed by atoms with van der Waals surface area (Å²) in [5.41, 5.74) is 0.925. The van der Waals surface area contributed by atoms with Gasteiger partial charge in [-0.25, -0.2) is 0 Å². The lowest BCUT2D eigenvalue weighted by atomic mass is 10.1. The van der Waals surface area contributed by atoms with Gasteiger partial charge in [-0.05, 0) is 17.9 Å². The zero-order chi connectivity index (χ0) is 12.6. The van der Waals surface area contributed by atoms with Gasteiger partial charge >= 0.3 is 0 Å². The van der Waals surface area contributed by atoms with Gasteiger partial charge in [0.25, 0.3) is 0 Å². The fraction of sp³-hybridized carbons (Fsp3) is 0.333. The molecule has 0 unspecified atom stereocenters. The molecule has 0 spiro atoms. The Balaban J connectivity index is 0.000000509. The molecule has 0 aliphatic heterocycles. The Labute approximate surface area is 98.7 Å². The van der Waals surface area contributed by atoms with Gasteiger partial charge in [-0.15, -0.1) is 0 Å². The van der Waals surface area contributed by atoms with Crippen LogP contribution in [0.1, 0.15) is 33.3 Å². The van der Waals surface area contributed by atoms with Gasteiger partial charge in [0.2, 0.25) is 0 Å². The minimum Gasteiger partial charge on any atom is -0.507 e. The first-order valence-corrected chi connectivity index (χ1v) is 5.96. The minimum absolute atomic E-state index is 0.396. The van der Waals surface area contributed by atoms with Crippen molar-refractivity contribution in [3.8, 4) is 5.75 Å². The van der Waals surface area contributed by atoms with Crippen LogP contribution in [0.4, 0.5) is 0 Å². The van der Waals surface area contributed by atoms with Crippen molar-refractivity contribution in [1.82, 2.24) is 0 Å². The monoisotopic (exact) mass is 218 g/mol. The molecule has 0 aliphatic rings. The highest BCUT2D eigenvalue weighted by atomic mass is 16.3. The molecule has 0 radical (unpaired) electrons. The van der Waals surface area contributed by atoms with Crippen LogP contribution in [0.3, 0.4) is 0 Å². The van der Waals surface area contributed by atoms with Crippen molar-refractivity contribution in [2.75, 3.05) is 0 Å². The quantitative estimate of drug-likeness (QED) is 0.666. The molecular weight excluding hydrogens is 196 g/mol. The summed E-state index contributed by atoms with van der Waals surface area (Å²) in [5.74, 6) is 0.396. The molecule has 1 nitrogen and oxygen atoms in total. The summed E-state index contributed by atoms with van der Waals surface area (Å²) < 4.78 is 0. The Morgan fingerprint density at radius 2 is 1.38 bits per heavy atom. The molecule has 2 aromatic carbocycles. The van der Waals surface area contributed by atoms with Crippen LogP contribution in [0.5, 0.6) is 5.75 Å². The van der Waals surface area contributed by atoms with Crippen LogP contribution in [0.25, 0.3) is 10.8 Å². The Bertz CT molecular complexity index is 419. The molecule has 2 aromatic rings. The molecule has 1 heteroatoms. The summed E-state index contributed by atoms with van der Waals surface area (Å²) in [6.07, 6.45) is 0. The van der Waals surface area contributed by atoms with Gasteiger partial charge in [-0.1, -0.05) is 64.1 Å². The molecule has 0 heterocycles. The number of fused-ring (bicyclic) bond motifs is 1. The van der Waals surface area contributed by atoms with Crippen LogP contribution < -0.4 is 0 Å². The SMILES string of the molecule is CC.CC.Cc1ccc2ccccc2c1O. The van der Waals surface area contributed by atoms with Crippen molar-refractivity contribution in [3.63, 3.8) is 0 Å². The highest BCUT2D eigenvalue weighted by Gasteiger charge is 2.00. The zero-order valence-electron chi connectivity index (χ0n) is 10.9. The molecule has 0 bridgehead atoms. The van der Waals surface area contributed by atoms with Crippen LogP contribution in [-0.4, -0.2) is 5.11 Å². The van der Waals surface area contributed by atoms with Crippen molar-refractivity contribution < 1.29 is 5.11 Å². The van der Waals surface area contributed by atoms with E-state index in [1.165, 1.54) is 0 Å². The molecule has 0 atom stereocenters. The number of hydrogen-bond acceptors (Lipinski definition) is 1. The third-order valence-electron chi connectivity index (χ3n) is 2.10. The molecule has 16 heavy (non-hydrogen) atoms. The summed E-state index contributed by atoms with van der Waals surface area (Å²) in [7, 11) is 0. The number of rotatable bonds is 0. The average Bonchev–Trinajstić information content (AvgIpc) is 2.39. The topological polar surface area (TPSA) is 20.2 Å². The number of aryl methyl sites for hydroxylation is 1. The van der Waals surface area contributed by atoms with Crippen LogP contribution in [0.15, 0.2) is 36.4 Å². The molecule has 0 saturated heterocycles. The number of hydrogen-bond donors (Lipinski definition) is 1. The Morgan fingerprint density at radius 1 is 0.812 bits per heavy atom. The Hall–Kier alpha value is -1.50. The van der Waals surface area contributed by atoms with E-state index in [0.29, 0.717) is 5.75 Å². The maximum absolute atomic E-state index is 9.66. The van der Waals surface area contributed by atoms with Crippen LogP contribution in [-0.2, 0) is 0 Å². The zero-order valence-corrected chi connectivity index (χ0v) is 10.9. The molecule has 0 aromatic heterocycles. The van der Waals surface area contributed by atoms with E-state index < -0.39 is 0 Å². The van der Waals surface area contributed by atoms with Crippen molar-refractivity contribution in [2.45, 2.75) is 34.6 Å². The fourth-order valence-corrected chi connectivity index (χ4v) is 1.36. The molecule has 2 rings (SSSR count). The van der Waals surface area contributed by atoms with Gasteiger partial charge in [0, 0.05) is 5.39 Å². The van der Waals surface area contributed by atoms with Crippen molar-refractivity contribution in [3.05, 3.63) is 42.0 Å². The summed E-state index contributed by atoms with van der Waals surface area (Å²) in [4.78, 5) is 0. The Kier molecular flexibility index (Phi) is 7.02. The van der Waals surface area contributed by atoms with Crippen molar-refractivity contribution in [1.29, 1.82) is 0 Å². The van der Waals surface area contributed by atoms with Gasteiger partial charge in [-0.2, -0.15) is 0 Å². The highest BCUT2D eigenvalue weighted by molar-refractivity contribution is 5.89. The van der Waals surface area contributed by atoms with Gasteiger partial charge in [-0.3, -0.25) is 0 Å². The maximum Gasteiger partial charge on any atom is 0.126 e. The van der Waals surface area contributed by atoms with Crippen LogP contribution in [0.2, 0.25) is 0 Å². The van der Waals surface area contributed by atoms with Gasteiger partial charge < -0.3 is 5.11 Å². The first-order chi connectivity index (χ1) is 7.79. The third kappa shape index (κ3) is 3.27. The van der Waals surface area contributed by atoms with E-state index in [1.54, 1.807) is 0 Å². The number of benzene rings is 2. The second-order valence-electron chi connectivity index (χ2n) is 2.95. The molecular formula is C15H22O. The van der Waals surface area contributed by atoms with Crippen LogP contribution >= 0.6 is 0 Å². The highest BCUT2D eigenvalue weighted by Crippen LogP contribution is 2.27. The number of phenolic OH excluding ortho intramolecular Hbond substituents is 1. The lowest BCUT2D eigenvalue weighted by molar-refractivity contribution is 0.477. The van der Waals surface area contributed by atoms with Crippen LogP contribution in [0, 0.1) is 6.92 Å². The first-order valence-electron chi connectivity index (χ1n) is 5.96. The van der Waals surface area contributed by atoms with Gasteiger partial charge in [0.15, 0.2) is 0 Å². The third-order valence-corrected chi connectivity index (χ3v) is 2.10. The summed E-state index contributed by atoms with van der Waals surface area (Å²) in [6, 6.07) is 11.8. The van der Waals surface area contributed by atoms with E-state index in [2.05, 4.69) is 0 Å². The molecule has 0 fully saturated rings. The second kappa shape index (κ2) is 7.75. The predicted molar refractivity (Wildman–Crippen MR) is 73.0 cm³/mol. The maximum atomic E-state index is 9.66. The summed E-state index contributed by atoms with van der Waals surface area (Å²) in [5, 5.41) is 11.7. The average molecular weight is 218 g/mol.